The van der Waals surface area contributed by atoms with Crippen molar-refractivity contribution >= 4 is 35.6 Å². The van der Waals surface area contributed by atoms with Gasteiger partial charge in [-0.3, -0.25) is 9.67 Å². The fourth-order valence-electron chi connectivity index (χ4n) is 3.38. The Balaban J connectivity index is 0.00000300. The summed E-state index contributed by atoms with van der Waals surface area (Å²) in [5, 5.41) is 10.9. The zero-order chi connectivity index (χ0) is 19.9. The molecule has 1 saturated heterocycles. The van der Waals surface area contributed by atoms with Crippen LogP contribution in [0.2, 0.25) is 0 Å². The molecule has 29 heavy (non-hydrogen) atoms. The molecule has 0 saturated carbocycles. The van der Waals surface area contributed by atoms with Crippen molar-refractivity contribution in [2.45, 2.75) is 32.9 Å². The highest BCUT2D eigenvalue weighted by molar-refractivity contribution is 14.0. The molecule has 2 atom stereocenters. The number of aliphatic imine (C=N–C) groups is 1. The summed E-state index contributed by atoms with van der Waals surface area (Å²) in [6, 6.07) is 5.80. The van der Waals surface area contributed by atoms with Gasteiger partial charge in [0.05, 0.1) is 5.69 Å². The van der Waals surface area contributed by atoms with Gasteiger partial charge >= 0.3 is 0 Å². The van der Waals surface area contributed by atoms with Crippen molar-refractivity contribution in [3.05, 3.63) is 48.3 Å². The smallest absolute Gasteiger partial charge is 0.191 e. The molecular formula is C20H29F2IN6. The van der Waals surface area contributed by atoms with Crippen molar-refractivity contribution in [3.63, 3.8) is 0 Å². The molecule has 2 heterocycles. The lowest BCUT2D eigenvalue weighted by molar-refractivity contribution is 0.457. The van der Waals surface area contributed by atoms with Gasteiger partial charge in [0.1, 0.15) is 11.6 Å². The van der Waals surface area contributed by atoms with Crippen LogP contribution in [-0.4, -0.2) is 48.0 Å². The molecule has 2 aromatic rings. The van der Waals surface area contributed by atoms with E-state index in [2.05, 4.69) is 22.7 Å². The van der Waals surface area contributed by atoms with E-state index >= 15 is 0 Å². The third-order valence-corrected chi connectivity index (χ3v) is 4.74. The first kappa shape index (κ1) is 23.4. The standard InChI is InChI=1S/C20H28F2N6.HI/c1-3-23-20(24-12-15(2)13-28-9-4-8-25-28)26-17-7-10-27(14-17)19-6-5-16(21)11-18(19)22;/h4-6,8-9,11,15,17H,3,7,10,12-14H2,1-2H3,(H2,23,24,26);1H. The van der Waals surface area contributed by atoms with Crippen LogP contribution in [-0.2, 0) is 6.54 Å². The third kappa shape index (κ3) is 6.83. The first-order valence-electron chi connectivity index (χ1n) is 9.77. The minimum absolute atomic E-state index is 0. The van der Waals surface area contributed by atoms with Crippen LogP contribution in [0.1, 0.15) is 20.3 Å². The van der Waals surface area contributed by atoms with Crippen LogP contribution in [0.15, 0.2) is 41.7 Å². The number of rotatable bonds is 7. The summed E-state index contributed by atoms with van der Waals surface area (Å²) in [7, 11) is 0. The SMILES string of the molecule is CCNC(=NCC(C)Cn1cccn1)NC1CCN(c2ccc(F)cc2F)C1.I. The summed E-state index contributed by atoms with van der Waals surface area (Å²) >= 11 is 0. The largest absolute Gasteiger partial charge is 0.367 e. The number of guanidine groups is 1. The second-order valence-corrected chi connectivity index (χ2v) is 7.22. The van der Waals surface area contributed by atoms with Crippen molar-refractivity contribution < 1.29 is 8.78 Å². The van der Waals surface area contributed by atoms with Gasteiger partial charge in [-0.25, -0.2) is 8.78 Å². The molecule has 1 aliphatic rings. The van der Waals surface area contributed by atoms with Crippen molar-refractivity contribution in [1.29, 1.82) is 0 Å². The van der Waals surface area contributed by atoms with E-state index in [1.165, 1.54) is 12.1 Å². The predicted molar refractivity (Wildman–Crippen MR) is 123 cm³/mol. The van der Waals surface area contributed by atoms with Gasteiger partial charge in [-0.15, -0.1) is 24.0 Å². The van der Waals surface area contributed by atoms with Crippen LogP contribution >= 0.6 is 24.0 Å². The lowest BCUT2D eigenvalue weighted by atomic mass is 10.2. The Hall–Kier alpha value is -1.91. The number of hydrogen-bond donors (Lipinski definition) is 2. The van der Waals surface area contributed by atoms with Crippen molar-refractivity contribution in [2.24, 2.45) is 10.9 Å². The highest BCUT2D eigenvalue weighted by Crippen LogP contribution is 2.24. The second kappa shape index (κ2) is 11.3. The fraction of sp³-hybridized carbons (Fsp3) is 0.500. The molecule has 0 bridgehead atoms. The molecule has 1 fully saturated rings. The molecule has 1 aromatic heterocycles. The van der Waals surface area contributed by atoms with Crippen molar-refractivity contribution in [1.82, 2.24) is 20.4 Å². The number of nitrogens with zero attached hydrogens (tertiary/aromatic N) is 4. The Labute approximate surface area is 187 Å². The highest BCUT2D eigenvalue weighted by Gasteiger charge is 2.25. The van der Waals surface area contributed by atoms with E-state index in [4.69, 9.17) is 4.99 Å². The minimum atomic E-state index is -0.555. The van der Waals surface area contributed by atoms with Crippen LogP contribution in [0.4, 0.5) is 14.5 Å². The monoisotopic (exact) mass is 518 g/mol. The van der Waals surface area contributed by atoms with Crippen LogP contribution in [0, 0.1) is 17.6 Å². The Kier molecular flexibility index (Phi) is 9.12. The zero-order valence-electron chi connectivity index (χ0n) is 16.8. The number of anilines is 1. The van der Waals surface area contributed by atoms with Gasteiger partial charge in [0.15, 0.2) is 5.96 Å². The molecule has 160 valence electrons. The summed E-state index contributed by atoms with van der Waals surface area (Å²) < 4.78 is 29.1. The van der Waals surface area contributed by atoms with Gasteiger partial charge in [0.2, 0.25) is 0 Å². The van der Waals surface area contributed by atoms with E-state index in [1.807, 2.05) is 28.8 Å². The average molecular weight is 518 g/mol. The van der Waals surface area contributed by atoms with E-state index in [0.29, 0.717) is 24.7 Å². The van der Waals surface area contributed by atoms with Gasteiger partial charge in [0, 0.05) is 57.2 Å². The number of nitrogens with one attached hydrogen (secondary N) is 2. The van der Waals surface area contributed by atoms with E-state index in [-0.39, 0.29) is 30.0 Å². The Morgan fingerprint density at radius 2 is 2.21 bits per heavy atom. The Bertz CT molecular complexity index is 783. The molecule has 6 nitrogen and oxygen atoms in total. The molecule has 2 N–H and O–H groups in total. The first-order chi connectivity index (χ1) is 13.5. The van der Waals surface area contributed by atoms with Gasteiger partial charge in [-0.05, 0) is 37.5 Å². The number of hydrogen-bond acceptors (Lipinski definition) is 3. The lowest BCUT2D eigenvalue weighted by Gasteiger charge is -2.21. The minimum Gasteiger partial charge on any atom is -0.367 e. The van der Waals surface area contributed by atoms with E-state index in [9.17, 15) is 8.78 Å². The van der Waals surface area contributed by atoms with Gasteiger partial charge in [0.25, 0.3) is 0 Å². The molecular weight excluding hydrogens is 489 g/mol. The summed E-state index contributed by atoms with van der Waals surface area (Å²) in [4.78, 5) is 6.64. The zero-order valence-corrected chi connectivity index (χ0v) is 19.1. The Morgan fingerprint density at radius 1 is 1.38 bits per heavy atom. The molecule has 3 rings (SSSR count). The molecule has 1 aromatic carbocycles. The van der Waals surface area contributed by atoms with E-state index < -0.39 is 11.6 Å². The normalized spacial score (nSPS) is 17.7. The van der Waals surface area contributed by atoms with E-state index in [1.54, 1.807) is 6.20 Å². The van der Waals surface area contributed by atoms with Crippen LogP contribution in [0.25, 0.3) is 0 Å². The summed E-state index contributed by atoms with van der Waals surface area (Å²) in [6.45, 7) is 7.80. The fourth-order valence-corrected chi connectivity index (χ4v) is 3.38. The number of aromatic nitrogens is 2. The van der Waals surface area contributed by atoms with Crippen molar-refractivity contribution in [2.75, 3.05) is 31.1 Å². The van der Waals surface area contributed by atoms with Crippen LogP contribution < -0.4 is 15.5 Å². The second-order valence-electron chi connectivity index (χ2n) is 7.22. The summed E-state index contributed by atoms with van der Waals surface area (Å²) in [5.74, 6) is 0.0413. The molecule has 2 unspecified atom stereocenters. The van der Waals surface area contributed by atoms with Gasteiger partial charge in [-0.2, -0.15) is 5.10 Å². The van der Waals surface area contributed by atoms with E-state index in [0.717, 1.165) is 38.1 Å². The molecule has 9 heteroatoms. The average Bonchev–Trinajstić information content (AvgIpc) is 3.32. The van der Waals surface area contributed by atoms with Gasteiger partial charge in [-0.1, -0.05) is 6.92 Å². The van der Waals surface area contributed by atoms with Crippen molar-refractivity contribution in [3.8, 4) is 0 Å². The molecule has 0 spiro atoms. The maximum absolute atomic E-state index is 14.0. The molecule has 0 amide bonds. The first-order valence-corrected chi connectivity index (χ1v) is 9.77. The summed E-state index contributed by atoms with van der Waals surface area (Å²) in [5.41, 5.74) is 0.445. The van der Waals surface area contributed by atoms with Gasteiger partial charge < -0.3 is 15.5 Å². The highest BCUT2D eigenvalue weighted by atomic mass is 127. The van der Waals surface area contributed by atoms with Crippen LogP contribution in [0.5, 0.6) is 0 Å². The number of halogens is 3. The molecule has 1 aliphatic heterocycles. The molecule has 0 aliphatic carbocycles. The lowest BCUT2D eigenvalue weighted by Crippen LogP contribution is -2.45. The van der Waals surface area contributed by atoms with Crippen LogP contribution in [0.3, 0.4) is 0 Å². The quantitative estimate of drug-likeness (QED) is 0.336. The maximum Gasteiger partial charge on any atom is 0.191 e. The molecule has 0 radical (unpaired) electrons. The maximum atomic E-state index is 14.0. The Morgan fingerprint density at radius 3 is 2.90 bits per heavy atom. The number of benzene rings is 1. The topological polar surface area (TPSA) is 57.5 Å². The summed E-state index contributed by atoms with van der Waals surface area (Å²) in [6.07, 6.45) is 4.59. The predicted octanol–water partition coefficient (Wildman–Crippen LogP) is 3.25. The third-order valence-electron chi connectivity index (χ3n) is 4.74.